The number of hydrogen-bond donors (Lipinski definition) is 0. The van der Waals surface area contributed by atoms with Crippen molar-refractivity contribution < 1.29 is 9.90 Å². The van der Waals surface area contributed by atoms with E-state index in [0.29, 0.717) is 11.8 Å². The Hall–Kier alpha value is -1.64. The molecule has 0 aliphatic heterocycles. The van der Waals surface area contributed by atoms with Crippen molar-refractivity contribution in [1.82, 2.24) is 4.98 Å². The van der Waals surface area contributed by atoms with Crippen LogP contribution in [0.3, 0.4) is 0 Å². The highest BCUT2D eigenvalue weighted by Crippen LogP contribution is 2.02. The summed E-state index contributed by atoms with van der Waals surface area (Å²) >= 11 is 0. The predicted octanol–water partition coefficient (Wildman–Crippen LogP) is 1.52. The lowest BCUT2D eigenvalue weighted by Crippen LogP contribution is -1.95. The molecule has 1 rings (SSSR count). The van der Waals surface area contributed by atoms with Gasteiger partial charge in [0.1, 0.15) is 6.26 Å². The molecule has 3 nitrogen and oxygen atoms in total. The van der Waals surface area contributed by atoms with E-state index in [2.05, 4.69) is 4.98 Å². The topological polar surface area (TPSA) is 49.9 Å². The zero-order chi connectivity index (χ0) is 8.97. The number of aryl methyl sites for hydroxylation is 1. The molecule has 0 aliphatic rings. The fourth-order valence-corrected chi connectivity index (χ4v) is 0.848. The maximum absolute atomic E-state index is 11.1. The SMILES string of the molecule is Cc1cncc(C(=O)C=C[O])c1. The molecule has 61 valence electrons. The van der Waals surface area contributed by atoms with E-state index in [1.165, 1.54) is 6.20 Å². The number of aromatic nitrogens is 1. The van der Waals surface area contributed by atoms with Crippen LogP contribution in [0.5, 0.6) is 0 Å². The van der Waals surface area contributed by atoms with Crippen LogP contribution in [0.4, 0.5) is 0 Å². The van der Waals surface area contributed by atoms with Crippen molar-refractivity contribution in [2.75, 3.05) is 0 Å². The molecule has 0 N–H and O–H groups in total. The first kappa shape index (κ1) is 8.46. The van der Waals surface area contributed by atoms with Gasteiger partial charge in [0.05, 0.1) is 0 Å². The molecule has 0 spiro atoms. The third-order valence-corrected chi connectivity index (χ3v) is 1.38. The van der Waals surface area contributed by atoms with Crippen molar-refractivity contribution in [1.29, 1.82) is 0 Å². The van der Waals surface area contributed by atoms with Gasteiger partial charge in [-0.25, -0.2) is 0 Å². The normalized spacial score (nSPS) is 10.4. The average molecular weight is 162 g/mol. The minimum atomic E-state index is -0.304. The highest BCUT2D eigenvalue weighted by atomic mass is 16.2. The summed E-state index contributed by atoms with van der Waals surface area (Å²) in [5, 5.41) is 9.98. The van der Waals surface area contributed by atoms with Crippen LogP contribution in [0.15, 0.2) is 30.8 Å². The first-order valence-corrected chi connectivity index (χ1v) is 3.48. The second-order valence-corrected chi connectivity index (χ2v) is 2.42. The molecule has 1 radical (unpaired) electrons. The number of hydrogen-bond acceptors (Lipinski definition) is 2. The van der Waals surface area contributed by atoms with Crippen LogP contribution < -0.4 is 0 Å². The van der Waals surface area contributed by atoms with Gasteiger partial charge in [0.2, 0.25) is 0 Å². The Morgan fingerprint density at radius 1 is 1.50 bits per heavy atom. The fraction of sp³-hybridized carbons (Fsp3) is 0.111. The lowest BCUT2D eigenvalue weighted by atomic mass is 10.1. The molecule has 0 unspecified atom stereocenters. The summed E-state index contributed by atoms with van der Waals surface area (Å²) in [5.41, 5.74) is 1.35. The molecule has 0 bridgehead atoms. The average Bonchev–Trinajstić information content (AvgIpc) is 2.05. The Morgan fingerprint density at radius 2 is 2.25 bits per heavy atom. The summed E-state index contributed by atoms with van der Waals surface area (Å²) in [6, 6.07) is 1.69. The smallest absolute Gasteiger partial charge is 0.190 e. The number of pyridine rings is 1. The maximum Gasteiger partial charge on any atom is 0.190 e. The standard InChI is InChI=1S/C9H8NO2/c1-7-4-8(6-10-5-7)9(12)2-3-11/h2-6H,1H3. The number of rotatable bonds is 2. The summed E-state index contributed by atoms with van der Waals surface area (Å²) in [6.45, 7) is 1.84. The van der Waals surface area contributed by atoms with Crippen molar-refractivity contribution in [3.63, 3.8) is 0 Å². The van der Waals surface area contributed by atoms with Crippen LogP contribution in [0, 0.1) is 6.92 Å². The largest absolute Gasteiger partial charge is 0.298 e. The molecule has 0 saturated heterocycles. The van der Waals surface area contributed by atoms with Crippen molar-refractivity contribution >= 4 is 5.78 Å². The molecular formula is C9H8NO2. The first-order chi connectivity index (χ1) is 5.74. The Balaban J connectivity index is 2.96. The van der Waals surface area contributed by atoms with E-state index in [1.54, 1.807) is 12.3 Å². The molecular weight excluding hydrogens is 154 g/mol. The first-order valence-electron chi connectivity index (χ1n) is 3.48. The van der Waals surface area contributed by atoms with Crippen molar-refractivity contribution in [3.8, 4) is 0 Å². The van der Waals surface area contributed by atoms with E-state index in [9.17, 15) is 9.90 Å². The van der Waals surface area contributed by atoms with Gasteiger partial charge in [-0.3, -0.25) is 14.9 Å². The summed E-state index contributed by atoms with van der Waals surface area (Å²) in [7, 11) is 0. The monoisotopic (exact) mass is 162 g/mol. The van der Waals surface area contributed by atoms with Crippen molar-refractivity contribution in [2.45, 2.75) is 6.92 Å². The minimum absolute atomic E-state index is 0.304. The molecule has 1 heterocycles. The Bertz CT molecular complexity index is 318. The zero-order valence-electron chi connectivity index (χ0n) is 6.65. The van der Waals surface area contributed by atoms with E-state index in [-0.39, 0.29) is 5.78 Å². The van der Waals surface area contributed by atoms with Crippen molar-refractivity contribution in [2.24, 2.45) is 0 Å². The third kappa shape index (κ3) is 1.92. The summed E-state index contributed by atoms with van der Waals surface area (Å²) < 4.78 is 0. The fourth-order valence-electron chi connectivity index (χ4n) is 0.848. The van der Waals surface area contributed by atoms with E-state index in [0.717, 1.165) is 11.6 Å². The number of nitrogens with zero attached hydrogens (tertiary/aromatic N) is 1. The maximum atomic E-state index is 11.1. The molecule has 0 amide bonds. The van der Waals surface area contributed by atoms with Gasteiger partial charge in [0.25, 0.3) is 0 Å². The summed E-state index contributed by atoms with van der Waals surface area (Å²) in [4.78, 5) is 14.9. The van der Waals surface area contributed by atoms with Crippen LogP contribution in [0.2, 0.25) is 0 Å². The minimum Gasteiger partial charge on any atom is -0.298 e. The molecule has 12 heavy (non-hydrogen) atoms. The summed E-state index contributed by atoms with van der Waals surface area (Å²) in [6.07, 6.45) is 4.55. The molecule has 0 atom stereocenters. The molecule has 0 aromatic carbocycles. The van der Waals surface area contributed by atoms with E-state index in [4.69, 9.17) is 0 Å². The van der Waals surface area contributed by atoms with Gasteiger partial charge in [0.15, 0.2) is 5.78 Å². The van der Waals surface area contributed by atoms with E-state index >= 15 is 0 Å². The van der Waals surface area contributed by atoms with E-state index in [1.807, 2.05) is 6.92 Å². The van der Waals surface area contributed by atoms with Crippen LogP contribution in [0.25, 0.3) is 0 Å². The van der Waals surface area contributed by atoms with Gasteiger partial charge >= 0.3 is 0 Å². The number of ketones is 1. The number of carbonyl (C=O) groups is 1. The number of carbonyl (C=O) groups excluding carboxylic acids is 1. The van der Waals surface area contributed by atoms with Gasteiger partial charge < -0.3 is 0 Å². The molecule has 0 aliphatic carbocycles. The van der Waals surface area contributed by atoms with Crippen LogP contribution >= 0.6 is 0 Å². The van der Waals surface area contributed by atoms with Gasteiger partial charge in [-0.15, -0.1) is 0 Å². The van der Waals surface area contributed by atoms with Gasteiger partial charge in [0, 0.05) is 24.0 Å². The Morgan fingerprint density at radius 3 is 2.83 bits per heavy atom. The quantitative estimate of drug-likeness (QED) is 0.376. The highest BCUT2D eigenvalue weighted by Gasteiger charge is 2.01. The predicted molar refractivity (Wildman–Crippen MR) is 43.1 cm³/mol. The van der Waals surface area contributed by atoms with Crippen molar-refractivity contribution in [3.05, 3.63) is 41.9 Å². The van der Waals surface area contributed by atoms with Crippen LogP contribution in [-0.2, 0) is 5.11 Å². The lowest BCUT2D eigenvalue weighted by Gasteiger charge is -1.94. The second-order valence-electron chi connectivity index (χ2n) is 2.42. The molecule has 0 saturated carbocycles. The molecule has 0 fully saturated rings. The summed E-state index contributed by atoms with van der Waals surface area (Å²) in [5.74, 6) is -0.304. The van der Waals surface area contributed by atoms with E-state index < -0.39 is 0 Å². The van der Waals surface area contributed by atoms with Crippen LogP contribution in [-0.4, -0.2) is 10.8 Å². The van der Waals surface area contributed by atoms with Gasteiger partial charge in [-0.1, -0.05) is 0 Å². The van der Waals surface area contributed by atoms with Crippen LogP contribution in [0.1, 0.15) is 15.9 Å². The number of allylic oxidation sites excluding steroid dienone is 1. The lowest BCUT2D eigenvalue weighted by molar-refractivity contribution is 0.104. The Kier molecular flexibility index (Phi) is 2.58. The third-order valence-electron chi connectivity index (χ3n) is 1.38. The van der Waals surface area contributed by atoms with Gasteiger partial charge in [-0.2, -0.15) is 0 Å². The highest BCUT2D eigenvalue weighted by molar-refractivity contribution is 6.04. The second kappa shape index (κ2) is 3.67. The van der Waals surface area contributed by atoms with Gasteiger partial charge in [-0.05, 0) is 18.6 Å². The molecule has 1 aromatic rings. The molecule has 1 aromatic heterocycles. The molecule has 3 heteroatoms. The zero-order valence-corrected chi connectivity index (χ0v) is 6.65. The Labute approximate surface area is 70.4 Å².